The number of nitrogens with zero attached hydrogens (tertiary/aromatic N) is 2. The van der Waals surface area contributed by atoms with Crippen molar-refractivity contribution < 1.29 is 4.79 Å². The van der Waals surface area contributed by atoms with Gasteiger partial charge in [-0.2, -0.15) is 5.26 Å². The van der Waals surface area contributed by atoms with Gasteiger partial charge in [0.2, 0.25) is 0 Å². The second kappa shape index (κ2) is 5.96. The molecule has 2 rings (SSSR count). The summed E-state index contributed by atoms with van der Waals surface area (Å²) < 4.78 is 0. The number of hydrogen-bond donors (Lipinski definition) is 1. The first kappa shape index (κ1) is 15.7. The normalized spacial score (nSPS) is 11.2. The zero-order valence-corrected chi connectivity index (χ0v) is 14.1. The van der Waals surface area contributed by atoms with Gasteiger partial charge in [-0.1, -0.05) is 27.7 Å². The van der Waals surface area contributed by atoms with E-state index in [0.717, 1.165) is 10.6 Å². The number of carbonyl (C=O) groups excluding carboxylic acids is 1. The number of aromatic nitrogens is 1. The smallest absolute Gasteiger partial charge is 0.267 e. The highest BCUT2D eigenvalue weighted by Gasteiger charge is 2.22. The topological polar surface area (TPSA) is 65.8 Å². The lowest BCUT2D eigenvalue weighted by atomic mass is 9.94. The average Bonchev–Trinajstić information content (AvgIpc) is 3.03. The zero-order chi connectivity index (χ0) is 15.6. The van der Waals surface area contributed by atoms with Gasteiger partial charge in [0.05, 0.1) is 16.9 Å². The number of aryl methyl sites for hydroxylation is 1. The lowest BCUT2D eigenvalue weighted by Crippen LogP contribution is -2.13. The van der Waals surface area contributed by atoms with E-state index in [1.165, 1.54) is 22.7 Å². The summed E-state index contributed by atoms with van der Waals surface area (Å²) in [6.07, 6.45) is 0.717. The summed E-state index contributed by atoms with van der Waals surface area (Å²) in [6.45, 7) is 8.23. The van der Waals surface area contributed by atoms with Crippen LogP contribution in [0.5, 0.6) is 0 Å². The van der Waals surface area contributed by atoms with Crippen molar-refractivity contribution in [1.82, 2.24) is 4.98 Å². The van der Waals surface area contributed by atoms with E-state index in [1.807, 2.05) is 13.0 Å². The predicted molar refractivity (Wildman–Crippen MR) is 87.2 cm³/mol. The first-order chi connectivity index (χ1) is 9.86. The monoisotopic (exact) mass is 319 g/mol. The van der Waals surface area contributed by atoms with Gasteiger partial charge in [-0.15, -0.1) is 22.7 Å². The molecule has 0 spiro atoms. The molecule has 110 valence electrons. The van der Waals surface area contributed by atoms with Gasteiger partial charge in [-0.05, 0) is 17.9 Å². The lowest BCUT2D eigenvalue weighted by Gasteiger charge is -2.15. The predicted octanol–water partition coefficient (Wildman–Crippen LogP) is 4.19. The number of amides is 1. The summed E-state index contributed by atoms with van der Waals surface area (Å²) in [6, 6.07) is 4.06. The largest absolute Gasteiger partial charge is 0.319 e. The number of rotatable bonds is 3. The van der Waals surface area contributed by atoms with Crippen LogP contribution in [0.25, 0.3) is 0 Å². The van der Waals surface area contributed by atoms with Crippen molar-refractivity contribution in [2.45, 2.75) is 39.5 Å². The van der Waals surface area contributed by atoms with E-state index in [-0.39, 0.29) is 11.3 Å². The van der Waals surface area contributed by atoms with Gasteiger partial charge in [0.15, 0.2) is 0 Å². The third-order valence-electron chi connectivity index (χ3n) is 3.00. The van der Waals surface area contributed by atoms with Gasteiger partial charge in [0, 0.05) is 4.88 Å². The van der Waals surface area contributed by atoms with Crippen molar-refractivity contribution in [3.63, 3.8) is 0 Å². The van der Waals surface area contributed by atoms with E-state index < -0.39 is 0 Å². The molecule has 0 aliphatic rings. The minimum Gasteiger partial charge on any atom is -0.319 e. The van der Waals surface area contributed by atoms with Crippen LogP contribution in [0.4, 0.5) is 5.69 Å². The first-order valence-electron chi connectivity index (χ1n) is 6.65. The highest BCUT2D eigenvalue weighted by molar-refractivity contribution is 7.13. The molecular weight excluding hydrogens is 302 g/mol. The third-order valence-corrected chi connectivity index (χ3v) is 5.34. The Morgan fingerprint density at radius 1 is 1.48 bits per heavy atom. The molecule has 0 atom stereocenters. The van der Waals surface area contributed by atoms with Crippen molar-refractivity contribution in [2.75, 3.05) is 5.32 Å². The van der Waals surface area contributed by atoms with Gasteiger partial charge in [-0.25, -0.2) is 4.98 Å². The summed E-state index contributed by atoms with van der Waals surface area (Å²) in [5, 5.41) is 12.1. The van der Waals surface area contributed by atoms with E-state index in [2.05, 4.69) is 37.1 Å². The van der Waals surface area contributed by atoms with Crippen molar-refractivity contribution in [2.24, 2.45) is 0 Å². The van der Waals surface area contributed by atoms with Crippen LogP contribution in [-0.4, -0.2) is 10.9 Å². The van der Waals surface area contributed by atoms with Gasteiger partial charge >= 0.3 is 0 Å². The summed E-state index contributed by atoms with van der Waals surface area (Å²) in [4.78, 5) is 18.7. The molecule has 0 saturated heterocycles. The highest BCUT2D eigenvalue weighted by atomic mass is 32.1. The van der Waals surface area contributed by atoms with E-state index in [1.54, 1.807) is 5.51 Å². The Bertz CT molecular complexity index is 701. The molecule has 1 N–H and O–H groups in total. The summed E-state index contributed by atoms with van der Waals surface area (Å²) in [5.74, 6) is -0.191. The second-order valence-corrected chi connectivity index (χ2v) is 7.56. The Morgan fingerprint density at radius 2 is 2.19 bits per heavy atom. The molecule has 21 heavy (non-hydrogen) atoms. The van der Waals surface area contributed by atoms with Crippen LogP contribution >= 0.6 is 22.7 Å². The molecule has 0 fully saturated rings. The highest BCUT2D eigenvalue weighted by Crippen LogP contribution is 2.35. The lowest BCUT2D eigenvalue weighted by molar-refractivity contribution is 0.102. The third kappa shape index (κ3) is 3.31. The zero-order valence-electron chi connectivity index (χ0n) is 12.5. The molecule has 2 aromatic rings. The molecule has 2 aromatic heterocycles. The first-order valence-corrected chi connectivity index (χ1v) is 8.34. The van der Waals surface area contributed by atoms with Crippen molar-refractivity contribution in [1.29, 1.82) is 5.26 Å². The fraction of sp³-hybridized carbons (Fsp3) is 0.400. The van der Waals surface area contributed by atoms with Crippen LogP contribution in [0.2, 0.25) is 0 Å². The molecule has 0 bridgehead atoms. The summed E-state index contributed by atoms with van der Waals surface area (Å²) in [5.41, 5.74) is 3.01. The van der Waals surface area contributed by atoms with Crippen LogP contribution in [0, 0.1) is 11.3 Å². The van der Waals surface area contributed by atoms with Crippen LogP contribution in [0.3, 0.4) is 0 Å². The van der Waals surface area contributed by atoms with Gasteiger partial charge in [0.1, 0.15) is 15.8 Å². The quantitative estimate of drug-likeness (QED) is 0.922. The number of hydrogen-bond acceptors (Lipinski definition) is 5. The molecule has 0 unspecified atom stereocenters. The molecule has 0 saturated carbocycles. The Morgan fingerprint density at radius 3 is 2.76 bits per heavy atom. The summed E-state index contributed by atoms with van der Waals surface area (Å²) in [7, 11) is 0. The number of nitrogens with one attached hydrogen (secondary N) is 1. The molecule has 6 heteroatoms. The number of nitriles is 1. The summed E-state index contributed by atoms with van der Waals surface area (Å²) >= 11 is 2.75. The standard InChI is InChI=1S/C15H17N3OS2/c1-5-9-13(20-8-17-9)14(19)18-10-6-12(15(2,3)4)21-11(10)7-16/h6,8H,5H2,1-4H3,(H,18,19). The van der Waals surface area contributed by atoms with E-state index in [4.69, 9.17) is 0 Å². The SMILES string of the molecule is CCc1ncsc1C(=O)Nc1cc(C(C)(C)C)sc1C#N. The molecule has 0 radical (unpaired) electrons. The van der Waals surface area contributed by atoms with E-state index in [9.17, 15) is 10.1 Å². The number of thiophene rings is 1. The maximum atomic E-state index is 12.3. The molecule has 2 heterocycles. The van der Waals surface area contributed by atoms with Crippen LogP contribution in [-0.2, 0) is 11.8 Å². The maximum Gasteiger partial charge on any atom is 0.267 e. The van der Waals surface area contributed by atoms with E-state index in [0.29, 0.717) is 21.9 Å². The Balaban J connectivity index is 2.30. The minimum atomic E-state index is -0.191. The molecule has 4 nitrogen and oxygen atoms in total. The van der Waals surface area contributed by atoms with Gasteiger partial charge in [0.25, 0.3) is 5.91 Å². The average molecular weight is 319 g/mol. The minimum absolute atomic E-state index is 0.0433. The number of anilines is 1. The Kier molecular flexibility index (Phi) is 4.45. The number of thiazole rings is 1. The fourth-order valence-electron chi connectivity index (χ4n) is 1.82. The van der Waals surface area contributed by atoms with Crippen molar-refractivity contribution >= 4 is 34.3 Å². The van der Waals surface area contributed by atoms with E-state index >= 15 is 0 Å². The van der Waals surface area contributed by atoms with Crippen LogP contribution in [0.1, 0.15) is 52.8 Å². The van der Waals surface area contributed by atoms with Crippen LogP contribution < -0.4 is 5.32 Å². The second-order valence-electron chi connectivity index (χ2n) is 5.65. The van der Waals surface area contributed by atoms with Crippen LogP contribution in [0.15, 0.2) is 11.6 Å². The molecule has 1 amide bonds. The van der Waals surface area contributed by atoms with Crippen molar-refractivity contribution in [3.05, 3.63) is 31.9 Å². The molecule has 0 aliphatic heterocycles. The van der Waals surface area contributed by atoms with Gasteiger partial charge in [-0.3, -0.25) is 4.79 Å². The maximum absolute atomic E-state index is 12.3. The molecule has 0 aliphatic carbocycles. The molecule has 0 aromatic carbocycles. The van der Waals surface area contributed by atoms with Crippen molar-refractivity contribution in [3.8, 4) is 6.07 Å². The molecular formula is C15H17N3OS2. The fourth-order valence-corrected chi connectivity index (χ4v) is 3.57. The number of carbonyl (C=O) groups is 1. The Hall–Kier alpha value is -1.71. The van der Waals surface area contributed by atoms with Gasteiger partial charge < -0.3 is 5.32 Å². The Labute approximate surface area is 132 Å².